The number of nitrogens with one attached hydrogen (secondary N) is 1. The average Bonchev–Trinajstić information content (AvgIpc) is 2.55. The molecule has 2 aliphatic heterocycles. The molecule has 0 spiro atoms. The van der Waals surface area contributed by atoms with E-state index in [2.05, 4.69) is 50.2 Å². The number of rotatable bonds is 1. The van der Waals surface area contributed by atoms with Crippen molar-refractivity contribution in [3.8, 4) is 0 Å². The molecular formula is C20H25N3O2S. The summed E-state index contributed by atoms with van der Waals surface area (Å²) in [6, 6.07) is 4.26. The summed E-state index contributed by atoms with van der Waals surface area (Å²) < 4.78 is 0. The quantitative estimate of drug-likeness (QED) is 0.468. The monoisotopic (exact) mass is 371 g/mol. The second kappa shape index (κ2) is 6.20. The Morgan fingerprint density at radius 3 is 2.58 bits per heavy atom. The van der Waals surface area contributed by atoms with E-state index in [-0.39, 0.29) is 22.1 Å². The molecule has 0 bridgehead atoms. The molecule has 1 saturated heterocycles. The highest BCUT2D eigenvalue weighted by atomic mass is 32.1. The van der Waals surface area contributed by atoms with Gasteiger partial charge in [-0.3, -0.25) is 19.8 Å². The Labute approximate surface area is 160 Å². The van der Waals surface area contributed by atoms with E-state index in [0.717, 1.165) is 17.5 Å². The normalized spacial score (nSPS) is 24.0. The highest BCUT2D eigenvalue weighted by molar-refractivity contribution is 7.80. The Morgan fingerprint density at radius 2 is 1.92 bits per heavy atom. The highest BCUT2D eigenvalue weighted by Crippen LogP contribution is 2.43. The van der Waals surface area contributed by atoms with Crippen LogP contribution in [0.2, 0.25) is 0 Å². The molecule has 6 heteroatoms. The summed E-state index contributed by atoms with van der Waals surface area (Å²) in [7, 11) is 3.69. The van der Waals surface area contributed by atoms with Crippen LogP contribution in [-0.4, -0.2) is 41.5 Å². The molecule has 26 heavy (non-hydrogen) atoms. The number of benzene rings is 1. The van der Waals surface area contributed by atoms with Crippen molar-refractivity contribution < 1.29 is 9.59 Å². The third-order valence-corrected chi connectivity index (χ3v) is 6.00. The zero-order chi connectivity index (χ0) is 19.4. The second-order valence-corrected chi connectivity index (χ2v) is 8.31. The lowest BCUT2D eigenvalue weighted by molar-refractivity contribution is -0.128. The van der Waals surface area contributed by atoms with Gasteiger partial charge in [0.2, 0.25) is 0 Å². The molecule has 2 heterocycles. The summed E-state index contributed by atoms with van der Waals surface area (Å²) in [5.41, 5.74) is 4.59. The third-order valence-electron chi connectivity index (χ3n) is 5.63. The van der Waals surface area contributed by atoms with E-state index in [4.69, 9.17) is 12.2 Å². The Kier molecular flexibility index (Phi) is 4.43. The zero-order valence-electron chi connectivity index (χ0n) is 16.1. The Balaban J connectivity index is 2.08. The molecule has 1 N–H and O–H groups in total. The zero-order valence-corrected chi connectivity index (χ0v) is 17.0. The number of thiocarbonyl (C=S) groups is 1. The Bertz CT molecular complexity index is 857. The van der Waals surface area contributed by atoms with Gasteiger partial charge in [0.25, 0.3) is 11.8 Å². The number of hydrogen-bond donors (Lipinski definition) is 1. The summed E-state index contributed by atoms with van der Waals surface area (Å²) >= 11 is 5.00. The van der Waals surface area contributed by atoms with Crippen LogP contribution in [0.4, 0.5) is 5.69 Å². The molecule has 3 rings (SSSR count). The number of carbonyl (C=O) groups is 2. The molecule has 0 aliphatic carbocycles. The summed E-state index contributed by atoms with van der Waals surface area (Å²) in [4.78, 5) is 28.3. The third kappa shape index (κ3) is 2.92. The number of anilines is 1. The van der Waals surface area contributed by atoms with Crippen LogP contribution in [0.25, 0.3) is 6.08 Å². The second-order valence-electron chi connectivity index (χ2n) is 7.93. The van der Waals surface area contributed by atoms with Crippen molar-refractivity contribution in [3.05, 3.63) is 34.4 Å². The van der Waals surface area contributed by atoms with Crippen molar-refractivity contribution in [2.45, 2.75) is 45.6 Å². The number of carbonyl (C=O) groups excluding carboxylic acids is 2. The van der Waals surface area contributed by atoms with E-state index in [0.29, 0.717) is 5.92 Å². The van der Waals surface area contributed by atoms with E-state index in [1.54, 1.807) is 13.1 Å². The van der Waals surface area contributed by atoms with Gasteiger partial charge in [0.15, 0.2) is 5.11 Å². The van der Waals surface area contributed by atoms with Crippen LogP contribution < -0.4 is 10.2 Å². The molecule has 2 aliphatic rings. The van der Waals surface area contributed by atoms with Crippen LogP contribution in [-0.2, 0) is 9.59 Å². The van der Waals surface area contributed by atoms with Gasteiger partial charge in [-0.1, -0.05) is 6.92 Å². The van der Waals surface area contributed by atoms with Crippen LogP contribution in [0.1, 0.15) is 49.8 Å². The minimum Gasteiger partial charge on any atom is -0.369 e. The predicted octanol–water partition coefficient (Wildman–Crippen LogP) is 2.97. The number of hydrogen-bond acceptors (Lipinski definition) is 4. The average molecular weight is 372 g/mol. The van der Waals surface area contributed by atoms with Crippen LogP contribution in [0.5, 0.6) is 0 Å². The molecule has 0 saturated carbocycles. The maximum absolute atomic E-state index is 12.5. The maximum Gasteiger partial charge on any atom is 0.265 e. The van der Waals surface area contributed by atoms with E-state index in [1.807, 2.05) is 6.92 Å². The Morgan fingerprint density at radius 1 is 1.27 bits per heavy atom. The molecule has 0 radical (unpaired) electrons. The number of aryl methyl sites for hydroxylation is 1. The lowest BCUT2D eigenvalue weighted by Crippen LogP contribution is -2.52. The standard InChI is InChI=1S/C20H25N3O2S/c1-11-7-16-14(12(2)10-20(3,4)23(16)6)8-13(11)9-15-17(24)21-19(26)22(5)18(15)25/h7-9,12H,10H2,1-6H3,(H,21,24,26)/b15-9+/t12-/m0/s1. The summed E-state index contributed by atoms with van der Waals surface area (Å²) in [6.45, 7) is 8.74. The predicted molar refractivity (Wildman–Crippen MR) is 108 cm³/mol. The largest absolute Gasteiger partial charge is 0.369 e. The molecule has 1 fully saturated rings. The SMILES string of the molecule is Cc1cc2c(cc1/C=C1\C(=O)NC(=S)N(C)C1=O)[C@@H](C)CC(C)(C)N2C. The Hall–Kier alpha value is -2.21. The molecular weight excluding hydrogens is 346 g/mol. The first-order valence-corrected chi connectivity index (χ1v) is 9.17. The van der Waals surface area contributed by atoms with Gasteiger partial charge >= 0.3 is 0 Å². The van der Waals surface area contributed by atoms with Gasteiger partial charge in [-0.2, -0.15) is 0 Å². The van der Waals surface area contributed by atoms with Gasteiger partial charge < -0.3 is 4.90 Å². The molecule has 5 nitrogen and oxygen atoms in total. The van der Waals surface area contributed by atoms with E-state index in [9.17, 15) is 9.59 Å². The molecule has 1 aromatic rings. The summed E-state index contributed by atoms with van der Waals surface area (Å²) in [5, 5.41) is 2.70. The minimum atomic E-state index is -0.443. The van der Waals surface area contributed by atoms with Gasteiger partial charge in [0.05, 0.1) is 0 Å². The van der Waals surface area contributed by atoms with Gasteiger partial charge in [0.1, 0.15) is 5.57 Å². The molecule has 138 valence electrons. The van der Waals surface area contributed by atoms with Gasteiger partial charge in [-0.05, 0) is 80.2 Å². The van der Waals surface area contributed by atoms with Crippen molar-refractivity contribution in [3.63, 3.8) is 0 Å². The van der Waals surface area contributed by atoms with E-state index in [1.165, 1.54) is 16.2 Å². The highest BCUT2D eigenvalue weighted by Gasteiger charge is 2.35. The topological polar surface area (TPSA) is 52.7 Å². The van der Waals surface area contributed by atoms with Crippen LogP contribution in [0, 0.1) is 6.92 Å². The van der Waals surface area contributed by atoms with Crippen LogP contribution >= 0.6 is 12.2 Å². The fraction of sp³-hybridized carbons (Fsp3) is 0.450. The smallest absolute Gasteiger partial charge is 0.265 e. The molecule has 0 unspecified atom stereocenters. The number of amides is 2. The van der Waals surface area contributed by atoms with E-state index < -0.39 is 5.91 Å². The van der Waals surface area contributed by atoms with Crippen LogP contribution in [0.15, 0.2) is 17.7 Å². The summed E-state index contributed by atoms with van der Waals surface area (Å²) in [5.74, 6) is -0.413. The lowest BCUT2D eigenvalue weighted by Gasteiger charge is -2.45. The van der Waals surface area contributed by atoms with Gasteiger partial charge in [-0.15, -0.1) is 0 Å². The first-order valence-electron chi connectivity index (χ1n) is 8.76. The number of likely N-dealkylation sites (N-methyl/N-ethyl adjacent to an activating group) is 1. The first kappa shape index (κ1) is 18.6. The minimum absolute atomic E-state index is 0.0937. The first-order chi connectivity index (χ1) is 12.0. The molecule has 1 aromatic carbocycles. The van der Waals surface area contributed by atoms with E-state index >= 15 is 0 Å². The number of fused-ring (bicyclic) bond motifs is 1. The van der Waals surface area contributed by atoms with Crippen molar-refractivity contribution in [2.24, 2.45) is 0 Å². The fourth-order valence-corrected chi connectivity index (χ4v) is 3.97. The van der Waals surface area contributed by atoms with Crippen molar-refractivity contribution in [1.82, 2.24) is 10.2 Å². The molecule has 0 aromatic heterocycles. The summed E-state index contributed by atoms with van der Waals surface area (Å²) in [6.07, 6.45) is 2.73. The van der Waals surface area contributed by atoms with Crippen molar-refractivity contribution >= 4 is 40.9 Å². The molecule has 1 atom stereocenters. The molecule has 2 amide bonds. The van der Waals surface area contributed by atoms with Gasteiger partial charge in [0, 0.05) is 25.3 Å². The van der Waals surface area contributed by atoms with Gasteiger partial charge in [-0.25, -0.2) is 0 Å². The lowest BCUT2D eigenvalue weighted by atomic mass is 9.79. The van der Waals surface area contributed by atoms with Crippen molar-refractivity contribution in [2.75, 3.05) is 19.0 Å². The number of nitrogens with zero attached hydrogens (tertiary/aromatic N) is 2. The van der Waals surface area contributed by atoms with Crippen LogP contribution in [0.3, 0.4) is 0 Å². The van der Waals surface area contributed by atoms with Crippen molar-refractivity contribution in [1.29, 1.82) is 0 Å². The fourth-order valence-electron chi connectivity index (χ4n) is 3.79. The maximum atomic E-state index is 12.5.